The first kappa shape index (κ1) is 24.7. The van der Waals surface area contributed by atoms with Gasteiger partial charge in [0.05, 0.1) is 11.6 Å². The van der Waals surface area contributed by atoms with Crippen LogP contribution in [-0.4, -0.2) is 22.6 Å². The molecule has 0 atom stereocenters. The highest BCUT2D eigenvalue weighted by Crippen LogP contribution is 2.26. The molecule has 0 unspecified atom stereocenters. The molecule has 4 rings (SSSR count). The number of oxazole rings is 1. The van der Waals surface area contributed by atoms with Gasteiger partial charge in [0, 0.05) is 17.7 Å². The van der Waals surface area contributed by atoms with Crippen LogP contribution in [0, 0.1) is 0 Å². The Kier molecular flexibility index (Phi) is 7.68. The van der Waals surface area contributed by atoms with Crippen molar-refractivity contribution in [2.75, 3.05) is 11.9 Å². The maximum atomic E-state index is 12.5. The number of hydrogen-bond donors (Lipinski definition) is 2. The van der Waals surface area contributed by atoms with E-state index in [4.69, 9.17) is 33.0 Å². The third kappa shape index (κ3) is 6.18. The van der Waals surface area contributed by atoms with Gasteiger partial charge >= 0.3 is 0 Å². The summed E-state index contributed by atoms with van der Waals surface area (Å²) in [6.07, 6.45) is 0.575. The molecule has 1 aromatic heterocycles. The molecule has 0 fully saturated rings. The summed E-state index contributed by atoms with van der Waals surface area (Å²) in [5, 5.41) is 6.24. The molecule has 0 saturated heterocycles. The number of nitrogens with zero attached hydrogens (tertiary/aromatic N) is 1. The Hall–Kier alpha value is -3.42. The van der Waals surface area contributed by atoms with Crippen LogP contribution in [-0.2, 0) is 6.42 Å². The zero-order valence-electron chi connectivity index (χ0n) is 19.7. The molecule has 0 aliphatic heterocycles. The van der Waals surface area contributed by atoms with Gasteiger partial charge in [-0.15, -0.1) is 0 Å². The van der Waals surface area contributed by atoms with Crippen LogP contribution in [0.25, 0.3) is 11.1 Å². The van der Waals surface area contributed by atoms with E-state index in [1.165, 1.54) is 5.56 Å². The lowest BCUT2D eigenvalue weighted by Gasteiger charge is -2.11. The molecule has 3 aromatic carbocycles. The first-order valence-electron chi connectivity index (χ1n) is 11.4. The number of aromatic nitrogens is 1. The molecule has 1 heterocycles. The summed E-state index contributed by atoms with van der Waals surface area (Å²) in [6, 6.07) is 18.7. The zero-order valence-corrected chi connectivity index (χ0v) is 21.3. The monoisotopic (exact) mass is 507 g/mol. The predicted molar refractivity (Wildman–Crippen MR) is 144 cm³/mol. The first-order valence-corrected chi connectivity index (χ1v) is 12.1. The van der Waals surface area contributed by atoms with Crippen LogP contribution < -0.4 is 15.4 Å². The van der Waals surface area contributed by atoms with E-state index < -0.39 is 0 Å². The fourth-order valence-electron chi connectivity index (χ4n) is 3.56. The second kappa shape index (κ2) is 10.9. The lowest BCUT2D eigenvalue weighted by Crippen LogP contribution is -2.34. The molecule has 4 aromatic rings. The number of halogens is 1. The number of carbonyl (C=O) groups is 1. The van der Waals surface area contributed by atoms with Gasteiger partial charge in [-0.05, 0) is 78.7 Å². The summed E-state index contributed by atoms with van der Waals surface area (Å²) in [4.78, 5) is 17.1. The lowest BCUT2D eigenvalue weighted by molar-refractivity contribution is 0.0977. The fraction of sp³-hybridized carbons (Fsp3) is 0.222. The Bertz CT molecular complexity index is 1370. The highest BCUT2D eigenvalue weighted by Gasteiger charge is 2.12. The Morgan fingerprint density at radius 2 is 1.89 bits per heavy atom. The van der Waals surface area contributed by atoms with Crippen molar-refractivity contribution in [3.05, 3.63) is 88.3 Å². The van der Waals surface area contributed by atoms with Gasteiger partial charge in [0.1, 0.15) is 11.3 Å². The molecule has 0 radical (unpaired) electrons. The molecule has 180 valence electrons. The molecule has 2 N–H and O–H groups in total. The van der Waals surface area contributed by atoms with Crippen molar-refractivity contribution >= 4 is 51.6 Å². The van der Waals surface area contributed by atoms with Crippen LogP contribution in [0.3, 0.4) is 0 Å². The van der Waals surface area contributed by atoms with Gasteiger partial charge in [0.2, 0.25) is 0 Å². The third-order valence-electron chi connectivity index (χ3n) is 5.41. The summed E-state index contributed by atoms with van der Waals surface area (Å²) in [7, 11) is 0. The molecular weight excluding hydrogens is 482 g/mol. The fourth-order valence-corrected chi connectivity index (χ4v) is 4.01. The lowest BCUT2D eigenvalue weighted by atomic mass is 10.0. The number of amides is 1. The third-order valence-corrected chi connectivity index (χ3v) is 5.91. The van der Waals surface area contributed by atoms with Gasteiger partial charge in [-0.3, -0.25) is 10.1 Å². The number of fused-ring (bicyclic) bond motifs is 1. The van der Waals surface area contributed by atoms with Crippen molar-refractivity contribution in [2.24, 2.45) is 0 Å². The maximum Gasteiger partial charge on any atom is 0.257 e. The minimum Gasteiger partial charge on any atom is -0.492 e. The first-order chi connectivity index (χ1) is 16.8. The Morgan fingerprint density at radius 1 is 1.11 bits per heavy atom. The Morgan fingerprint density at radius 3 is 2.57 bits per heavy atom. The number of thiocarbonyl (C=S) groups is 1. The van der Waals surface area contributed by atoms with Gasteiger partial charge in [-0.25, -0.2) is 4.98 Å². The number of hydrogen-bond acceptors (Lipinski definition) is 5. The van der Waals surface area contributed by atoms with Gasteiger partial charge in [-0.2, -0.15) is 0 Å². The SMILES string of the molecule is CCOc1ccc(C(=O)NC(=S)Nc2ccc(Cc3nc4cc(C(C)C)ccc4o3)cc2)cc1Cl. The van der Waals surface area contributed by atoms with Gasteiger partial charge in [0.15, 0.2) is 16.6 Å². The van der Waals surface area contributed by atoms with Crippen LogP contribution in [0.5, 0.6) is 5.75 Å². The highest BCUT2D eigenvalue weighted by atomic mass is 35.5. The summed E-state index contributed by atoms with van der Waals surface area (Å²) in [5.41, 5.74) is 5.09. The smallest absolute Gasteiger partial charge is 0.257 e. The van der Waals surface area contributed by atoms with E-state index in [2.05, 4.69) is 41.6 Å². The topological polar surface area (TPSA) is 76.4 Å². The van der Waals surface area contributed by atoms with Crippen LogP contribution in [0.2, 0.25) is 5.02 Å². The van der Waals surface area contributed by atoms with Crippen LogP contribution in [0.1, 0.15) is 54.1 Å². The number of ether oxygens (including phenoxy) is 1. The van der Waals surface area contributed by atoms with E-state index in [1.807, 2.05) is 37.3 Å². The number of benzene rings is 3. The predicted octanol–water partition coefficient (Wildman–Crippen LogP) is 6.72. The second-order valence-electron chi connectivity index (χ2n) is 8.35. The average Bonchev–Trinajstić information content (AvgIpc) is 3.23. The number of anilines is 1. The molecule has 0 saturated carbocycles. The Balaban J connectivity index is 1.35. The second-order valence-corrected chi connectivity index (χ2v) is 9.17. The van der Waals surface area contributed by atoms with E-state index >= 15 is 0 Å². The quantitative estimate of drug-likeness (QED) is 0.270. The van der Waals surface area contributed by atoms with Gasteiger partial charge in [0.25, 0.3) is 5.91 Å². The molecule has 6 nitrogen and oxygen atoms in total. The number of rotatable bonds is 7. The summed E-state index contributed by atoms with van der Waals surface area (Å²) in [5.74, 6) is 1.28. The van der Waals surface area contributed by atoms with Crippen molar-refractivity contribution in [3.63, 3.8) is 0 Å². The summed E-state index contributed by atoms with van der Waals surface area (Å²) >= 11 is 11.5. The van der Waals surface area contributed by atoms with E-state index in [0.717, 1.165) is 22.4 Å². The van der Waals surface area contributed by atoms with Crippen LogP contribution in [0.15, 0.2) is 65.1 Å². The van der Waals surface area contributed by atoms with Gasteiger partial charge in [-0.1, -0.05) is 43.6 Å². The van der Waals surface area contributed by atoms with E-state index in [9.17, 15) is 4.79 Å². The van der Waals surface area contributed by atoms with E-state index in [-0.39, 0.29) is 11.0 Å². The molecule has 35 heavy (non-hydrogen) atoms. The van der Waals surface area contributed by atoms with Crippen molar-refractivity contribution in [1.82, 2.24) is 10.3 Å². The standard InChI is InChI=1S/C27H26ClN3O3S/c1-4-33-23-11-8-19(14-21(23)28)26(32)31-27(35)29-20-9-5-17(6-10-20)13-25-30-22-15-18(16(2)3)7-12-24(22)34-25/h5-12,14-16H,4,13H2,1-3H3,(H2,29,31,32,35). The minimum atomic E-state index is -0.361. The van der Waals surface area contributed by atoms with E-state index in [0.29, 0.717) is 41.2 Å². The molecule has 1 amide bonds. The maximum absolute atomic E-state index is 12.5. The highest BCUT2D eigenvalue weighted by molar-refractivity contribution is 7.80. The molecule has 8 heteroatoms. The summed E-state index contributed by atoms with van der Waals surface area (Å²) in [6.45, 7) is 6.67. The van der Waals surface area contributed by atoms with Crippen molar-refractivity contribution in [2.45, 2.75) is 33.1 Å². The molecule has 0 spiro atoms. The zero-order chi connectivity index (χ0) is 24.9. The largest absolute Gasteiger partial charge is 0.492 e. The minimum absolute atomic E-state index is 0.188. The average molecular weight is 508 g/mol. The van der Waals surface area contributed by atoms with Crippen molar-refractivity contribution < 1.29 is 13.9 Å². The molecular formula is C27H26ClN3O3S. The molecule has 0 aliphatic carbocycles. The van der Waals surface area contributed by atoms with Crippen molar-refractivity contribution in [3.8, 4) is 5.75 Å². The normalized spacial score (nSPS) is 11.0. The van der Waals surface area contributed by atoms with Crippen LogP contribution in [0.4, 0.5) is 5.69 Å². The van der Waals surface area contributed by atoms with Crippen molar-refractivity contribution in [1.29, 1.82) is 0 Å². The summed E-state index contributed by atoms with van der Waals surface area (Å²) < 4.78 is 11.3. The number of nitrogens with one attached hydrogen (secondary N) is 2. The van der Waals surface area contributed by atoms with E-state index in [1.54, 1.807) is 18.2 Å². The Labute approximate surface area is 214 Å². The van der Waals surface area contributed by atoms with Crippen LogP contribution >= 0.6 is 23.8 Å². The molecule has 0 aliphatic rings. The van der Waals surface area contributed by atoms with Gasteiger partial charge < -0.3 is 14.5 Å². The molecule has 0 bridgehead atoms. The number of carbonyl (C=O) groups excluding carboxylic acids is 1.